The highest BCUT2D eigenvalue weighted by atomic mass is 16.8. The molecule has 1 aromatic carbocycles. The number of aliphatic hydroxyl groups is 1. The summed E-state index contributed by atoms with van der Waals surface area (Å²) in [6.45, 7) is 9.38. The van der Waals surface area contributed by atoms with Crippen LogP contribution < -0.4 is 4.74 Å². The first-order chi connectivity index (χ1) is 15.1. The molecule has 1 N–H and O–H groups in total. The number of esters is 1. The molecule has 176 valence electrons. The average Bonchev–Trinajstić information content (AvgIpc) is 3.03. The van der Waals surface area contributed by atoms with Gasteiger partial charge in [-0.15, -0.1) is 0 Å². The number of carbonyl (C=O) groups is 1. The van der Waals surface area contributed by atoms with Crippen molar-refractivity contribution in [2.45, 2.75) is 71.2 Å². The van der Waals surface area contributed by atoms with Gasteiger partial charge in [0.25, 0.3) is 0 Å². The van der Waals surface area contributed by atoms with E-state index in [2.05, 4.69) is 0 Å². The van der Waals surface area contributed by atoms with E-state index >= 15 is 0 Å². The molecule has 0 amide bonds. The van der Waals surface area contributed by atoms with E-state index in [4.69, 9.17) is 23.7 Å². The monoisotopic (exact) mass is 446 g/mol. The molecule has 1 unspecified atom stereocenters. The molecule has 0 saturated carbocycles. The van der Waals surface area contributed by atoms with Crippen LogP contribution in [0.2, 0.25) is 0 Å². The number of methoxy groups -OCH3 is 1. The largest absolute Gasteiger partial charge is 0.467 e. The van der Waals surface area contributed by atoms with Gasteiger partial charge in [-0.3, -0.25) is 0 Å². The van der Waals surface area contributed by atoms with Crippen LogP contribution in [0.15, 0.2) is 30.4 Å². The fourth-order valence-electron chi connectivity index (χ4n) is 3.92. The van der Waals surface area contributed by atoms with Gasteiger partial charge >= 0.3 is 5.97 Å². The summed E-state index contributed by atoms with van der Waals surface area (Å²) < 4.78 is 28.5. The standard InChI is InChI=1S/C25H34O7/c1-15-12-18-8-7-9-20-23(32-25(4,5)31-20)19(26)11-10-16(2)17(3)30-24(27)22(18)21(13-15)29-14-28-6/h7-8,10-13,16-17,19-20,23,26H,9,14H2,1-6H3/b8-7?,11-10-/t16-,17+,19?,20+,23-/m1/s1. The van der Waals surface area contributed by atoms with Gasteiger partial charge in [-0.05, 0) is 51.3 Å². The molecule has 3 rings (SSSR count). The summed E-state index contributed by atoms with van der Waals surface area (Å²) in [5.74, 6) is -0.980. The Morgan fingerprint density at radius 3 is 2.66 bits per heavy atom. The highest BCUT2D eigenvalue weighted by Gasteiger charge is 2.43. The highest BCUT2D eigenvalue weighted by Crippen LogP contribution is 2.34. The molecule has 0 aromatic heterocycles. The summed E-state index contributed by atoms with van der Waals surface area (Å²) in [6.07, 6.45) is 5.71. The number of aliphatic hydroxyl groups excluding tert-OH is 1. The van der Waals surface area contributed by atoms with Crippen LogP contribution in [-0.4, -0.2) is 55.2 Å². The molecular weight excluding hydrogens is 412 g/mol. The van der Waals surface area contributed by atoms with Crippen LogP contribution in [0.4, 0.5) is 0 Å². The fourth-order valence-corrected chi connectivity index (χ4v) is 3.92. The number of carbonyl (C=O) groups excluding carboxylic acids is 1. The van der Waals surface area contributed by atoms with Gasteiger partial charge in [0.1, 0.15) is 29.6 Å². The third-order valence-electron chi connectivity index (χ3n) is 5.68. The third-order valence-corrected chi connectivity index (χ3v) is 5.68. The van der Waals surface area contributed by atoms with Crippen LogP contribution in [-0.2, 0) is 18.9 Å². The second-order valence-electron chi connectivity index (χ2n) is 8.90. The van der Waals surface area contributed by atoms with Crippen LogP contribution in [0.3, 0.4) is 0 Å². The van der Waals surface area contributed by atoms with E-state index in [0.717, 1.165) is 5.56 Å². The van der Waals surface area contributed by atoms with Crippen LogP contribution in [0.1, 0.15) is 55.6 Å². The van der Waals surface area contributed by atoms with Gasteiger partial charge in [-0.2, -0.15) is 0 Å². The minimum atomic E-state index is -0.841. The number of aryl methyl sites for hydroxylation is 1. The van der Waals surface area contributed by atoms with Gasteiger partial charge < -0.3 is 28.8 Å². The number of rotatable bonds is 3. The number of benzene rings is 1. The smallest absolute Gasteiger partial charge is 0.342 e. The Hall–Kier alpha value is -2.19. The minimum absolute atomic E-state index is 0.0173. The van der Waals surface area contributed by atoms with Gasteiger partial charge in [0.05, 0.1) is 6.10 Å². The molecule has 1 fully saturated rings. The zero-order valence-electron chi connectivity index (χ0n) is 19.7. The lowest BCUT2D eigenvalue weighted by molar-refractivity contribution is -0.152. The minimum Gasteiger partial charge on any atom is -0.467 e. The number of hydrogen-bond acceptors (Lipinski definition) is 7. The van der Waals surface area contributed by atoms with Gasteiger partial charge in [-0.25, -0.2) is 4.79 Å². The summed E-state index contributed by atoms with van der Waals surface area (Å²) in [5, 5.41) is 10.7. The van der Waals surface area contributed by atoms with Crippen molar-refractivity contribution >= 4 is 12.0 Å². The highest BCUT2D eigenvalue weighted by molar-refractivity contribution is 5.97. The van der Waals surface area contributed by atoms with Crippen molar-refractivity contribution in [2.24, 2.45) is 5.92 Å². The normalized spacial score (nSPS) is 31.2. The van der Waals surface area contributed by atoms with E-state index < -0.39 is 30.1 Å². The SMILES string of the molecule is COCOc1cc(C)cc2c1C(=O)O[C@@H](C)[C@H](C)/C=C\C(O)[C@H]1OC(C)(C)O[C@H]1CC=C2. The van der Waals surface area contributed by atoms with Crippen molar-refractivity contribution in [3.8, 4) is 5.75 Å². The van der Waals surface area contributed by atoms with E-state index in [1.54, 1.807) is 12.1 Å². The van der Waals surface area contributed by atoms with Crippen LogP contribution >= 0.6 is 0 Å². The Kier molecular flexibility index (Phi) is 7.77. The molecule has 2 aliphatic heterocycles. The Labute approximate surface area is 189 Å². The molecule has 0 bridgehead atoms. The average molecular weight is 447 g/mol. The molecular formula is C25H34O7. The molecule has 0 radical (unpaired) electrons. The lowest BCUT2D eigenvalue weighted by Crippen LogP contribution is -2.34. The lowest BCUT2D eigenvalue weighted by Gasteiger charge is -2.23. The Morgan fingerprint density at radius 2 is 1.94 bits per heavy atom. The maximum atomic E-state index is 13.2. The molecule has 2 aliphatic rings. The van der Waals surface area contributed by atoms with Gasteiger partial charge in [-0.1, -0.05) is 37.3 Å². The fraction of sp³-hybridized carbons (Fsp3) is 0.560. The maximum absolute atomic E-state index is 13.2. The van der Waals surface area contributed by atoms with Crippen molar-refractivity contribution in [2.75, 3.05) is 13.9 Å². The van der Waals surface area contributed by atoms with E-state index in [1.165, 1.54) is 7.11 Å². The summed E-state index contributed by atoms with van der Waals surface area (Å²) in [5.41, 5.74) is 1.97. The summed E-state index contributed by atoms with van der Waals surface area (Å²) >= 11 is 0. The molecule has 1 aromatic rings. The predicted molar refractivity (Wildman–Crippen MR) is 120 cm³/mol. The Bertz CT molecular complexity index is 873. The van der Waals surface area contributed by atoms with Crippen LogP contribution in [0, 0.1) is 12.8 Å². The first-order valence-electron chi connectivity index (χ1n) is 11.0. The first-order valence-corrected chi connectivity index (χ1v) is 11.0. The van der Waals surface area contributed by atoms with Crippen molar-refractivity contribution in [1.29, 1.82) is 0 Å². The molecule has 0 spiro atoms. The maximum Gasteiger partial charge on any atom is 0.342 e. The molecule has 7 nitrogen and oxygen atoms in total. The van der Waals surface area contributed by atoms with Crippen molar-refractivity contribution in [1.82, 2.24) is 0 Å². The zero-order chi connectivity index (χ0) is 23.5. The Morgan fingerprint density at radius 1 is 1.19 bits per heavy atom. The van der Waals surface area contributed by atoms with E-state index in [0.29, 0.717) is 23.3 Å². The molecule has 0 aliphatic carbocycles. The van der Waals surface area contributed by atoms with E-state index in [-0.39, 0.29) is 18.8 Å². The van der Waals surface area contributed by atoms with Gasteiger partial charge in [0.2, 0.25) is 0 Å². The second kappa shape index (κ2) is 10.2. The number of hydrogen-bond donors (Lipinski definition) is 1. The van der Waals surface area contributed by atoms with Crippen LogP contribution in [0.5, 0.6) is 5.75 Å². The van der Waals surface area contributed by atoms with E-state index in [9.17, 15) is 9.90 Å². The topological polar surface area (TPSA) is 83.5 Å². The molecule has 7 heteroatoms. The molecule has 1 saturated heterocycles. The zero-order valence-corrected chi connectivity index (χ0v) is 19.7. The summed E-state index contributed by atoms with van der Waals surface area (Å²) in [6, 6.07) is 3.71. The van der Waals surface area contributed by atoms with Crippen molar-refractivity contribution in [3.63, 3.8) is 0 Å². The molecule has 32 heavy (non-hydrogen) atoms. The van der Waals surface area contributed by atoms with Crippen LogP contribution in [0.25, 0.3) is 6.08 Å². The Balaban J connectivity index is 2.04. The van der Waals surface area contributed by atoms with Gasteiger partial charge in [0.15, 0.2) is 12.6 Å². The number of cyclic esters (lactones) is 1. The van der Waals surface area contributed by atoms with Crippen molar-refractivity contribution in [3.05, 3.63) is 47.1 Å². The predicted octanol–water partition coefficient (Wildman–Crippen LogP) is 4.01. The quantitative estimate of drug-likeness (QED) is 0.427. The summed E-state index contributed by atoms with van der Waals surface area (Å²) in [4.78, 5) is 13.2. The number of fused-ring (bicyclic) bond motifs is 2. The van der Waals surface area contributed by atoms with E-state index in [1.807, 2.05) is 58.9 Å². The second-order valence-corrected chi connectivity index (χ2v) is 8.90. The first kappa shape index (κ1) is 24.5. The number of ether oxygens (including phenoxy) is 5. The lowest BCUT2D eigenvalue weighted by atomic mass is 9.98. The molecule has 2 heterocycles. The van der Waals surface area contributed by atoms with Crippen molar-refractivity contribution < 1.29 is 33.6 Å². The molecule has 5 atom stereocenters. The van der Waals surface area contributed by atoms with Gasteiger partial charge in [0, 0.05) is 13.0 Å². The summed E-state index contributed by atoms with van der Waals surface area (Å²) in [7, 11) is 1.53. The third kappa shape index (κ3) is 5.78.